The van der Waals surface area contributed by atoms with Gasteiger partial charge in [0, 0.05) is 12.0 Å². The van der Waals surface area contributed by atoms with Crippen LogP contribution in [-0.4, -0.2) is 28.8 Å². The number of hydrogen-bond acceptors (Lipinski definition) is 6. The average Bonchev–Trinajstić information content (AvgIpc) is 2.93. The van der Waals surface area contributed by atoms with E-state index < -0.39 is 0 Å². The van der Waals surface area contributed by atoms with Crippen molar-refractivity contribution in [2.75, 3.05) is 12.9 Å². The predicted octanol–water partition coefficient (Wildman–Crippen LogP) is 2.62. The van der Waals surface area contributed by atoms with Crippen LogP contribution in [0.4, 0.5) is 0 Å². The lowest BCUT2D eigenvalue weighted by atomic mass is 10.1. The second-order valence-electron chi connectivity index (χ2n) is 3.76. The Labute approximate surface area is 115 Å². The molecule has 100 valence electrons. The van der Waals surface area contributed by atoms with E-state index in [1.807, 2.05) is 6.92 Å². The van der Waals surface area contributed by atoms with Crippen molar-refractivity contribution < 1.29 is 13.9 Å². The summed E-state index contributed by atoms with van der Waals surface area (Å²) in [4.78, 5) is 11.9. The van der Waals surface area contributed by atoms with Crippen LogP contribution in [0.3, 0.4) is 0 Å². The summed E-state index contributed by atoms with van der Waals surface area (Å²) in [6.45, 7) is 1.93. The van der Waals surface area contributed by atoms with Crippen molar-refractivity contribution in [1.82, 2.24) is 10.2 Å². The summed E-state index contributed by atoms with van der Waals surface area (Å²) in [7, 11) is 1.59. The first-order valence-corrected chi connectivity index (χ1v) is 6.84. The minimum Gasteiger partial charge on any atom is -0.497 e. The van der Waals surface area contributed by atoms with E-state index in [2.05, 4.69) is 10.2 Å². The maximum atomic E-state index is 11.9. The summed E-state index contributed by atoms with van der Waals surface area (Å²) >= 11 is 1.25. The zero-order chi connectivity index (χ0) is 13.7. The van der Waals surface area contributed by atoms with Crippen LogP contribution in [0.2, 0.25) is 0 Å². The molecule has 5 nitrogen and oxygen atoms in total. The van der Waals surface area contributed by atoms with E-state index in [0.717, 1.165) is 5.75 Å². The molecule has 0 N–H and O–H groups in total. The van der Waals surface area contributed by atoms with Crippen LogP contribution >= 0.6 is 11.8 Å². The topological polar surface area (TPSA) is 65.2 Å². The zero-order valence-electron chi connectivity index (χ0n) is 10.8. The van der Waals surface area contributed by atoms with Crippen LogP contribution in [0.5, 0.6) is 5.75 Å². The molecule has 0 saturated carbocycles. The number of rotatable bonds is 6. The van der Waals surface area contributed by atoms with E-state index >= 15 is 0 Å². The Hall–Kier alpha value is -1.82. The van der Waals surface area contributed by atoms with Crippen molar-refractivity contribution >= 4 is 17.5 Å². The summed E-state index contributed by atoms with van der Waals surface area (Å²) in [5.41, 5.74) is 0.642. The first kappa shape index (κ1) is 13.6. The van der Waals surface area contributed by atoms with Gasteiger partial charge in [-0.1, -0.05) is 18.7 Å². The lowest BCUT2D eigenvalue weighted by Gasteiger charge is -2.01. The first-order chi connectivity index (χ1) is 9.22. The molecule has 19 heavy (non-hydrogen) atoms. The standard InChI is InChI=1S/C13H14N2O3S/c1-3-12-14-15-13(18-12)19-8-11(16)9-4-6-10(17-2)7-5-9/h4-7H,3,8H2,1-2H3. The summed E-state index contributed by atoms with van der Waals surface area (Å²) in [5, 5.41) is 8.13. The fourth-order valence-corrected chi connectivity index (χ4v) is 2.10. The van der Waals surface area contributed by atoms with Crippen LogP contribution in [0, 0.1) is 0 Å². The zero-order valence-corrected chi connectivity index (χ0v) is 11.6. The summed E-state index contributed by atoms with van der Waals surface area (Å²) in [5.74, 6) is 1.61. The minimum atomic E-state index is 0.0175. The van der Waals surface area contributed by atoms with Crippen molar-refractivity contribution in [3.05, 3.63) is 35.7 Å². The molecule has 1 heterocycles. The maximum Gasteiger partial charge on any atom is 0.277 e. The van der Waals surface area contributed by atoms with E-state index in [0.29, 0.717) is 23.1 Å². The van der Waals surface area contributed by atoms with Crippen LogP contribution in [-0.2, 0) is 6.42 Å². The molecule has 2 rings (SSSR count). The van der Waals surface area contributed by atoms with Gasteiger partial charge in [-0.25, -0.2) is 0 Å². The maximum absolute atomic E-state index is 11.9. The molecular formula is C13H14N2O3S. The van der Waals surface area contributed by atoms with Gasteiger partial charge in [-0.2, -0.15) is 0 Å². The molecule has 2 aromatic rings. The number of carbonyl (C=O) groups is 1. The number of carbonyl (C=O) groups excluding carboxylic acids is 1. The average molecular weight is 278 g/mol. The third-order valence-corrected chi connectivity index (χ3v) is 3.31. The van der Waals surface area contributed by atoms with Crippen LogP contribution < -0.4 is 4.74 Å². The second kappa shape index (κ2) is 6.38. The molecule has 0 amide bonds. The van der Waals surface area contributed by atoms with Crippen molar-refractivity contribution in [2.45, 2.75) is 18.6 Å². The number of ketones is 1. The molecule has 6 heteroatoms. The normalized spacial score (nSPS) is 10.4. The smallest absolute Gasteiger partial charge is 0.277 e. The van der Waals surface area contributed by atoms with Crippen molar-refractivity contribution in [3.8, 4) is 5.75 Å². The number of nitrogens with zero attached hydrogens (tertiary/aromatic N) is 2. The highest BCUT2D eigenvalue weighted by atomic mass is 32.2. The highest BCUT2D eigenvalue weighted by Gasteiger charge is 2.10. The molecule has 0 atom stereocenters. The third-order valence-electron chi connectivity index (χ3n) is 2.49. The van der Waals surface area contributed by atoms with E-state index in [1.165, 1.54) is 11.8 Å². The van der Waals surface area contributed by atoms with E-state index in [4.69, 9.17) is 9.15 Å². The largest absolute Gasteiger partial charge is 0.497 e. The molecule has 0 aliphatic rings. The van der Waals surface area contributed by atoms with Crippen LogP contribution in [0.15, 0.2) is 33.9 Å². The number of thioether (sulfide) groups is 1. The molecule has 0 aliphatic heterocycles. The Morgan fingerprint density at radius 2 is 2.05 bits per heavy atom. The quantitative estimate of drug-likeness (QED) is 0.598. The SMILES string of the molecule is CCc1nnc(SCC(=O)c2ccc(OC)cc2)o1. The number of aryl methyl sites for hydroxylation is 1. The minimum absolute atomic E-state index is 0.0175. The van der Waals surface area contributed by atoms with Gasteiger partial charge in [-0.3, -0.25) is 4.79 Å². The summed E-state index contributed by atoms with van der Waals surface area (Å²) in [6, 6.07) is 7.01. The van der Waals surface area contributed by atoms with Gasteiger partial charge in [0.2, 0.25) is 5.89 Å². The van der Waals surface area contributed by atoms with Gasteiger partial charge in [-0.05, 0) is 24.3 Å². The molecule has 0 unspecified atom stereocenters. The Bertz CT molecular complexity index is 551. The molecule has 0 radical (unpaired) electrons. The Balaban J connectivity index is 1.93. The molecule has 0 fully saturated rings. The summed E-state index contributed by atoms with van der Waals surface area (Å²) < 4.78 is 10.4. The molecule has 1 aromatic heterocycles. The highest BCUT2D eigenvalue weighted by molar-refractivity contribution is 7.99. The van der Waals surface area contributed by atoms with Gasteiger partial charge in [0.1, 0.15) is 5.75 Å². The van der Waals surface area contributed by atoms with Gasteiger partial charge in [-0.15, -0.1) is 10.2 Å². The summed E-state index contributed by atoms with van der Waals surface area (Å²) in [6.07, 6.45) is 0.694. The van der Waals surface area contributed by atoms with E-state index in [9.17, 15) is 4.79 Å². The second-order valence-corrected chi connectivity index (χ2v) is 4.68. The van der Waals surface area contributed by atoms with Gasteiger partial charge >= 0.3 is 0 Å². The van der Waals surface area contributed by atoms with Crippen LogP contribution in [0.25, 0.3) is 0 Å². The number of methoxy groups -OCH3 is 1. The number of hydrogen-bond donors (Lipinski definition) is 0. The van der Waals surface area contributed by atoms with Crippen molar-refractivity contribution in [2.24, 2.45) is 0 Å². The number of Topliss-reactive ketones (excluding diaryl/α,β-unsaturated/α-hetero) is 1. The molecule has 0 spiro atoms. The molecule has 0 bridgehead atoms. The van der Waals surface area contributed by atoms with Crippen molar-refractivity contribution in [3.63, 3.8) is 0 Å². The van der Waals surface area contributed by atoms with Gasteiger partial charge in [0.05, 0.1) is 12.9 Å². The highest BCUT2D eigenvalue weighted by Crippen LogP contribution is 2.19. The number of ether oxygens (including phenoxy) is 1. The van der Waals surface area contributed by atoms with Gasteiger partial charge < -0.3 is 9.15 Å². The molecular weight excluding hydrogens is 264 g/mol. The molecule has 0 aliphatic carbocycles. The molecule has 0 saturated heterocycles. The lowest BCUT2D eigenvalue weighted by molar-refractivity contribution is 0.102. The van der Waals surface area contributed by atoms with E-state index in [-0.39, 0.29) is 11.5 Å². The van der Waals surface area contributed by atoms with E-state index in [1.54, 1.807) is 31.4 Å². The fraction of sp³-hybridized carbons (Fsp3) is 0.308. The van der Waals surface area contributed by atoms with Crippen molar-refractivity contribution in [1.29, 1.82) is 0 Å². The van der Waals surface area contributed by atoms with Gasteiger partial charge in [0.25, 0.3) is 5.22 Å². The Morgan fingerprint density at radius 3 is 2.63 bits per heavy atom. The Kier molecular flexibility index (Phi) is 4.57. The van der Waals surface area contributed by atoms with Gasteiger partial charge in [0.15, 0.2) is 5.78 Å². The lowest BCUT2D eigenvalue weighted by Crippen LogP contribution is -2.02. The fourth-order valence-electron chi connectivity index (χ4n) is 1.43. The predicted molar refractivity (Wildman–Crippen MR) is 71.7 cm³/mol. The Morgan fingerprint density at radius 1 is 1.32 bits per heavy atom. The third kappa shape index (κ3) is 3.57. The first-order valence-electron chi connectivity index (χ1n) is 5.85. The number of benzene rings is 1. The van der Waals surface area contributed by atoms with Crippen LogP contribution in [0.1, 0.15) is 23.2 Å². The number of aromatic nitrogens is 2. The molecule has 1 aromatic carbocycles. The monoisotopic (exact) mass is 278 g/mol.